The zero-order valence-electron chi connectivity index (χ0n) is 14.7. The first-order valence-corrected chi connectivity index (χ1v) is 9.05. The minimum absolute atomic E-state index is 0.152. The topological polar surface area (TPSA) is 52.7 Å². The van der Waals surface area contributed by atoms with Crippen LogP contribution in [0.4, 0.5) is 11.4 Å². The van der Waals surface area contributed by atoms with Crippen LogP contribution < -0.4 is 15.1 Å². The number of likely N-dealkylation sites (N-methyl/N-ethyl adjacent to an activating group) is 1. The molecule has 1 aliphatic rings. The van der Waals surface area contributed by atoms with Crippen LogP contribution in [0.3, 0.4) is 0 Å². The Labute approximate surface area is 158 Å². The molecule has 1 unspecified atom stereocenters. The van der Waals surface area contributed by atoms with Crippen molar-refractivity contribution in [1.29, 1.82) is 0 Å². The first-order valence-electron chi connectivity index (χ1n) is 8.67. The number of halogens is 1. The third-order valence-corrected chi connectivity index (χ3v) is 4.86. The lowest BCUT2D eigenvalue weighted by Gasteiger charge is -2.20. The molecule has 0 spiro atoms. The van der Waals surface area contributed by atoms with Crippen LogP contribution in [-0.2, 0) is 9.59 Å². The standard InChI is InChI=1S/C20H22ClN3O2/c1-23(16-5-3-2-4-6-16)14-12-22-19(25)18-11-13-24(20(18)26)17-9-7-15(21)8-10-17/h2-10,18H,11-14H2,1H3,(H,22,25). The Morgan fingerprint density at radius 3 is 2.58 bits per heavy atom. The Balaban J connectivity index is 1.51. The van der Waals surface area contributed by atoms with E-state index in [-0.39, 0.29) is 11.8 Å². The average Bonchev–Trinajstić information content (AvgIpc) is 3.04. The van der Waals surface area contributed by atoms with E-state index in [9.17, 15) is 9.59 Å². The van der Waals surface area contributed by atoms with E-state index in [1.54, 1.807) is 29.2 Å². The molecule has 5 nitrogen and oxygen atoms in total. The van der Waals surface area contributed by atoms with Crippen LogP contribution in [0.25, 0.3) is 0 Å². The van der Waals surface area contributed by atoms with Crippen LogP contribution >= 0.6 is 11.6 Å². The van der Waals surface area contributed by atoms with Gasteiger partial charge in [0.2, 0.25) is 11.8 Å². The molecule has 0 bridgehead atoms. The van der Waals surface area contributed by atoms with Crippen molar-refractivity contribution in [2.75, 3.05) is 36.5 Å². The summed E-state index contributed by atoms with van der Waals surface area (Å²) in [7, 11) is 1.98. The number of hydrogen-bond acceptors (Lipinski definition) is 3. The molecule has 0 aliphatic carbocycles. The fraction of sp³-hybridized carbons (Fsp3) is 0.300. The van der Waals surface area contributed by atoms with Gasteiger partial charge in [-0.05, 0) is 42.8 Å². The van der Waals surface area contributed by atoms with Gasteiger partial charge in [0.1, 0.15) is 5.92 Å². The molecule has 1 atom stereocenters. The molecule has 0 radical (unpaired) electrons. The van der Waals surface area contributed by atoms with Crippen molar-refractivity contribution in [2.45, 2.75) is 6.42 Å². The van der Waals surface area contributed by atoms with E-state index in [0.717, 1.165) is 11.4 Å². The Bertz CT molecular complexity index is 764. The van der Waals surface area contributed by atoms with E-state index in [1.165, 1.54) is 0 Å². The average molecular weight is 372 g/mol. The van der Waals surface area contributed by atoms with E-state index in [2.05, 4.69) is 10.2 Å². The van der Waals surface area contributed by atoms with Gasteiger partial charge in [-0.1, -0.05) is 29.8 Å². The Morgan fingerprint density at radius 2 is 1.88 bits per heavy atom. The molecule has 1 heterocycles. The maximum Gasteiger partial charge on any atom is 0.239 e. The number of carbonyl (C=O) groups is 2. The smallest absolute Gasteiger partial charge is 0.239 e. The second-order valence-corrected chi connectivity index (χ2v) is 6.79. The molecule has 2 aromatic carbocycles. The van der Waals surface area contributed by atoms with Crippen LogP contribution in [0, 0.1) is 5.92 Å². The third-order valence-electron chi connectivity index (χ3n) is 4.60. The molecular weight excluding hydrogens is 350 g/mol. The van der Waals surface area contributed by atoms with Crippen molar-refractivity contribution in [3.05, 3.63) is 59.6 Å². The number of benzene rings is 2. The predicted octanol–water partition coefficient (Wildman–Crippen LogP) is 2.95. The largest absolute Gasteiger partial charge is 0.373 e. The summed E-state index contributed by atoms with van der Waals surface area (Å²) in [5, 5.41) is 3.51. The molecule has 2 aromatic rings. The quantitative estimate of drug-likeness (QED) is 0.794. The lowest BCUT2D eigenvalue weighted by molar-refractivity contribution is -0.132. The summed E-state index contributed by atoms with van der Waals surface area (Å²) in [6.45, 7) is 1.72. The molecule has 26 heavy (non-hydrogen) atoms. The van der Waals surface area contributed by atoms with Crippen molar-refractivity contribution in [2.24, 2.45) is 5.92 Å². The fourth-order valence-electron chi connectivity index (χ4n) is 3.08. The van der Waals surface area contributed by atoms with Gasteiger partial charge in [0.25, 0.3) is 0 Å². The van der Waals surface area contributed by atoms with E-state index < -0.39 is 5.92 Å². The predicted molar refractivity (Wildman–Crippen MR) is 105 cm³/mol. The molecule has 0 aromatic heterocycles. The van der Waals surface area contributed by atoms with Gasteiger partial charge in [-0.15, -0.1) is 0 Å². The number of amides is 2. The van der Waals surface area contributed by atoms with Gasteiger partial charge in [-0.3, -0.25) is 9.59 Å². The zero-order chi connectivity index (χ0) is 18.5. The molecule has 1 N–H and O–H groups in total. The van der Waals surface area contributed by atoms with E-state index in [4.69, 9.17) is 11.6 Å². The molecule has 136 valence electrons. The van der Waals surface area contributed by atoms with Gasteiger partial charge in [-0.25, -0.2) is 0 Å². The summed E-state index contributed by atoms with van der Waals surface area (Å²) < 4.78 is 0. The highest BCUT2D eigenvalue weighted by molar-refractivity contribution is 6.30. The second-order valence-electron chi connectivity index (χ2n) is 6.36. The van der Waals surface area contributed by atoms with Crippen molar-refractivity contribution in [1.82, 2.24) is 5.32 Å². The van der Waals surface area contributed by atoms with Crippen molar-refractivity contribution < 1.29 is 9.59 Å². The molecule has 2 amide bonds. The molecule has 1 fully saturated rings. The molecule has 6 heteroatoms. The van der Waals surface area contributed by atoms with Crippen molar-refractivity contribution in [3.63, 3.8) is 0 Å². The number of carbonyl (C=O) groups excluding carboxylic acids is 2. The Hall–Kier alpha value is -2.53. The summed E-state index contributed by atoms with van der Waals surface area (Å²) >= 11 is 5.89. The number of anilines is 2. The second kappa shape index (κ2) is 8.23. The Kier molecular flexibility index (Phi) is 5.78. The summed E-state index contributed by atoms with van der Waals surface area (Å²) in [5.41, 5.74) is 1.87. The van der Waals surface area contributed by atoms with Gasteiger partial charge in [0.15, 0.2) is 0 Å². The van der Waals surface area contributed by atoms with E-state index in [0.29, 0.717) is 31.1 Å². The van der Waals surface area contributed by atoms with Gasteiger partial charge >= 0.3 is 0 Å². The van der Waals surface area contributed by atoms with Crippen LogP contribution in [0.1, 0.15) is 6.42 Å². The maximum absolute atomic E-state index is 12.6. The van der Waals surface area contributed by atoms with Crippen molar-refractivity contribution >= 4 is 34.8 Å². The van der Waals surface area contributed by atoms with Crippen LogP contribution in [-0.4, -0.2) is 38.5 Å². The Morgan fingerprint density at radius 1 is 1.19 bits per heavy atom. The highest BCUT2D eigenvalue weighted by atomic mass is 35.5. The van der Waals surface area contributed by atoms with E-state index in [1.807, 2.05) is 37.4 Å². The summed E-state index contributed by atoms with van der Waals surface area (Å²) in [6.07, 6.45) is 0.530. The number of hydrogen-bond donors (Lipinski definition) is 1. The SMILES string of the molecule is CN(CCNC(=O)C1CCN(c2ccc(Cl)cc2)C1=O)c1ccccc1. The number of nitrogens with zero attached hydrogens (tertiary/aromatic N) is 2. The highest BCUT2D eigenvalue weighted by Crippen LogP contribution is 2.26. The molecular formula is C20H22ClN3O2. The molecule has 0 saturated carbocycles. The van der Waals surface area contributed by atoms with Crippen LogP contribution in [0.5, 0.6) is 0 Å². The summed E-state index contributed by atoms with van der Waals surface area (Å²) in [5.74, 6) is -0.970. The first kappa shape index (κ1) is 18.3. The fourth-order valence-corrected chi connectivity index (χ4v) is 3.21. The van der Waals surface area contributed by atoms with Gasteiger partial charge in [0, 0.05) is 43.1 Å². The lowest BCUT2D eigenvalue weighted by Crippen LogP contribution is -2.39. The monoisotopic (exact) mass is 371 g/mol. The van der Waals surface area contributed by atoms with E-state index >= 15 is 0 Å². The number of para-hydroxylation sites is 1. The molecule has 1 saturated heterocycles. The van der Waals surface area contributed by atoms with Crippen LogP contribution in [0.15, 0.2) is 54.6 Å². The lowest BCUT2D eigenvalue weighted by atomic mass is 10.1. The van der Waals surface area contributed by atoms with Crippen molar-refractivity contribution in [3.8, 4) is 0 Å². The van der Waals surface area contributed by atoms with Gasteiger partial charge < -0.3 is 15.1 Å². The van der Waals surface area contributed by atoms with Gasteiger partial charge in [0.05, 0.1) is 0 Å². The summed E-state index contributed by atoms with van der Waals surface area (Å²) in [4.78, 5) is 28.7. The third kappa shape index (κ3) is 4.17. The van der Waals surface area contributed by atoms with Crippen LogP contribution in [0.2, 0.25) is 5.02 Å². The minimum atomic E-state index is -0.618. The molecule has 1 aliphatic heterocycles. The van der Waals surface area contributed by atoms with Gasteiger partial charge in [-0.2, -0.15) is 0 Å². The highest BCUT2D eigenvalue weighted by Gasteiger charge is 2.37. The molecule has 3 rings (SSSR count). The summed E-state index contributed by atoms with van der Waals surface area (Å²) in [6, 6.07) is 17.1. The number of nitrogens with one attached hydrogen (secondary N) is 1. The zero-order valence-corrected chi connectivity index (χ0v) is 15.4. The maximum atomic E-state index is 12.6. The minimum Gasteiger partial charge on any atom is -0.373 e. The first-order chi connectivity index (χ1) is 12.6. The number of rotatable bonds is 6. The normalized spacial score (nSPS) is 16.6.